The van der Waals surface area contributed by atoms with Gasteiger partial charge in [0.15, 0.2) is 0 Å². The number of nitro benzene ring substituents is 1. The average Bonchev–Trinajstić information content (AvgIpc) is 2.38. The lowest BCUT2D eigenvalue weighted by atomic mass is 10.2. The number of aromatic nitrogens is 1. The highest BCUT2D eigenvalue weighted by molar-refractivity contribution is 5.90. The number of benzene rings is 1. The van der Waals surface area contributed by atoms with Gasteiger partial charge >= 0.3 is 11.7 Å². The maximum absolute atomic E-state index is 11.2. The number of hydrogen-bond acceptors (Lipinski definition) is 5. The Morgan fingerprint density at radius 3 is 2.62 bits per heavy atom. The molecule has 1 N–H and O–H groups in total. The zero-order valence-electron chi connectivity index (χ0n) is 11.4. The molecular formula is C14H12N2O5. The van der Waals surface area contributed by atoms with Crippen molar-refractivity contribution >= 4 is 11.7 Å². The van der Waals surface area contributed by atoms with E-state index in [4.69, 9.17) is 9.84 Å². The number of nitro groups is 1. The molecule has 108 valence electrons. The molecule has 21 heavy (non-hydrogen) atoms. The second kappa shape index (κ2) is 5.58. The SMILES string of the molecule is Cc1ccc([N+](=O)[O-])c(Oc2nc(C)ccc2C(=O)O)c1. The quantitative estimate of drug-likeness (QED) is 0.685. The predicted octanol–water partition coefficient (Wildman–Crippen LogP) is 3.10. The highest BCUT2D eigenvalue weighted by Gasteiger charge is 2.20. The lowest BCUT2D eigenvalue weighted by molar-refractivity contribution is -0.385. The summed E-state index contributed by atoms with van der Waals surface area (Å²) in [5.41, 5.74) is 0.891. The molecule has 0 spiro atoms. The Kier molecular flexibility index (Phi) is 3.84. The Hall–Kier alpha value is -2.96. The van der Waals surface area contributed by atoms with Gasteiger partial charge in [-0.15, -0.1) is 0 Å². The molecule has 1 aromatic heterocycles. The van der Waals surface area contributed by atoms with Gasteiger partial charge in [0.25, 0.3) is 0 Å². The largest absolute Gasteiger partial charge is 0.477 e. The van der Waals surface area contributed by atoms with Crippen molar-refractivity contribution in [2.45, 2.75) is 13.8 Å². The van der Waals surface area contributed by atoms with Crippen molar-refractivity contribution in [3.05, 3.63) is 57.3 Å². The summed E-state index contributed by atoms with van der Waals surface area (Å²) in [6.07, 6.45) is 0. The molecule has 7 heteroatoms. The third-order valence-corrected chi connectivity index (χ3v) is 2.75. The van der Waals surface area contributed by atoms with E-state index in [1.807, 2.05) is 0 Å². The second-order valence-corrected chi connectivity index (χ2v) is 4.44. The molecular weight excluding hydrogens is 276 g/mol. The van der Waals surface area contributed by atoms with Crippen LogP contribution in [0.4, 0.5) is 5.69 Å². The van der Waals surface area contributed by atoms with Crippen LogP contribution in [0.5, 0.6) is 11.6 Å². The number of carboxylic acid groups (broad SMARTS) is 1. The zero-order valence-corrected chi connectivity index (χ0v) is 11.4. The normalized spacial score (nSPS) is 10.2. The van der Waals surface area contributed by atoms with Crippen molar-refractivity contribution in [1.29, 1.82) is 0 Å². The first-order valence-corrected chi connectivity index (χ1v) is 6.02. The Bertz CT molecular complexity index is 666. The molecule has 0 unspecified atom stereocenters. The zero-order chi connectivity index (χ0) is 15.6. The first-order chi connectivity index (χ1) is 9.88. The molecule has 0 amide bonds. The minimum Gasteiger partial charge on any atom is -0.477 e. The van der Waals surface area contributed by atoms with Crippen LogP contribution < -0.4 is 4.74 Å². The second-order valence-electron chi connectivity index (χ2n) is 4.44. The summed E-state index contributed by atoms with van der Waals surface area (Å²) in [4.78, 5) is 25.6. The predicted molar refractivity (Wildman–Crippen MR) is 73.8 cm³/mol. The maximum atomic E-state index is 11.2. The monoisotopic (exact) mass is 288 g/mol. The fourth-order valence-corrected chi connectivity index (χ4v) is 1.73. The molecule has 0 radical (unpaired) electrons. The van der Waals surface area contributed by atoms with Crippen LogP contribution >= 0.6 is 0 Å². The number of pyridine rings is 1. The first-order valence-electron chi connectivity index (χ1n) is 6.02. The third kappa shape index (κ3) is 3.14. The Morgan fingerprint density at radius 1 is 1.29 bits per heavy atom. The lowest BCUT2D eigenvalue weighted by Crippen LogP contribution is -2.04. The van der Waals surface area contributed by atoms with E-state index < -0.39 is 10.9 Å². The van der Waals surface area contributed by atoms with Gasteiger partial charge in [-0.05, 0) is 37.6 Å². The standard InChI is InChI=1S/C14H12N2O5/c1-8-3-6-11(16(19)20)12(7-8)21-13-10(14(17)18)5-4-9(2)15-13/h3-7H,1-2H3,(H,17,18). The number of ether oxygens (including phenoxy) is 1. The molecule has 7 nitrogen and oxygen atoms in total. The van der Waals surface area contributed by atoms with Crippen molar-refractivity contribution in [3.8, 4) is 11.6 Å². The van der Waals surface area contributed by atoms with Gasteiger partial charge in [-0.25, -0.2) is 9.78 Å². The molecule has 2 rings (SSSR count). The highest BCUT2D eigenvalue weighted by Crippen LogP contribution is 2.32. The van der Waals surface area contributed by atoms with Crippen LogP contribution in [-0.2, 0) is 0 Å². The van der Waals surface area contributed by atoms with Gasteiger partial charge in [-0.3, -0.25) is 10.1 Å². The van der Waals surface area contributed by atoms with Crippen molar-refractivity contribution in [2.24, 2.45) is 0 Å². The van der Waals surface area contributed by atoms with E-state index in [1.165, 1.54) is 24.3 Å². The molecule has 0 atom stereocenters. The van der Waals surface area contributed by atoms with Crippen LogP contribution in [0.2, 0.25) is 0 Å². The molecule has 0 aliphatic rings. The van der Waals surface area contributed by atoms with Crippen molar-refractivity contribution in [2.75, 3.05) is 0 Å². The number of hydrogen-bond donors (Lipinski definition) is 1. The van der Waals surface area contributed by atoms with E-state index in [-0.39, 0.29) is 22.9 Å². The summed E-state index contributed by atoms with van der Waals surface area (Å²) in [6, 6.07) is 7.23. The van der Waals surface area contributed by atoms with Crippen LogP contribution in [0.15, 0.2) is 30.3 Å². The maximum Gasteiger partial charge on any atom is 0.341 e. The van der Waals surface area contributed by atoms with Gasteiger partial charge in [0.05, 0.1) is 4.92 Å². The molecule has 1 aromatic carbocycles. The third-order valence-electron chi connectivity index (χ3n) is 2.75. The van der Waals surface area contributed by atoms with E-state index in [1.54, 1.807) is 19.9 Å². The number of carboxylic acids is 1. The highest BCUT2D eigenvalue weighted by atomic mass is 16.6. The summed E-state index contributed by atoms with van der Waals surface area (Å²) in [5, 5.41) is 20.1. The minimum atomic E-state index is -1.21. The van der Waals surface area contributed by atoms with E-state index in [0.29, 0.717) is 5.69 Å². The van der Waals surface area contributed by atoms with Crippen LogP contribution in [0.3, 0.4) is 0 Å². The van der Waals surface area contributed by atoms with Crippen LogP contribution in [0, 0.1) is 24.0 Å². The number of carbonyl (C=O) groups is 1. The van der Waals surface area contributed by atoms with E-state index in [0.717, 1.165) is 5.56 Å². The van der Waals surface area contributed by atoms with Gasteiger partial charge < -0.3 is 9.84 Å². The fraction of sp³-hybridized carbons (Fsp3) is 0.143. The van der Waals surface area contributed by atoms with Gasteiger partial charge in [-0.2, -0.15) is 0 Å². The summed E-state index contributed by atoms with van der Waals surface area (Å²) in [5.74, 6) is -1.43. The van der Waals surface area contributed by atoms with Crippen molar-refractivity contribution in [1.82, 2.24) is 4.98 Å². The summed E-state index contributed by atoms with van der Waals surface area (Å²) in [7, 11) is 0. The van der Waals surface area contributed by atoms with Crippen molar-refractivity contribution in [3.63, 3.8) is 0 Å². The first kappa shape index (κ1) is 14.4. The molecule has 0 aliphatic carbocycles. The van der Waals surface area contributed by atoms with Gasteiger partial charge in [0, 0.05) is 11.8 Å². The summed E-state index contributed by atoms with van der Waals surface area (Å²) >= 11 is 0. The van der Waals surface area contributed by atoms with Crippen LogP contribution in [0.1, 0.15) is 21.6 Å². The number of nitrogens with zero attached hydrogens (tertiary/aromatic N) is 2. The van der Waals surface area contributed by atoms with Gasteiger partial charge in [0.1, 0.15) is 5.56 Å². The molecule has 2 aromatic rings. The Balaban J connectivity index is 2.52. The summed E-state index contributed by atoms with van der Waals surface area (Å²) < 4.78 is 5.39. The molecule has 0 bridgehead atoms. The van der Waals surface area contributed by atoms with E-state index >= 15 is 0 Å². The van der Waals surface area contributed by atoms with Crippen LogP contribution in [0.25, 0.3) is 0 Å². The van der Waals surface area contributed by atoms with E-state index in [2.05, 4.69) is 4.98 Å². The number of aromatic carboxylic acids is 1. The number of rotatable bonds is 4. The molecule has 0 saturated heterocycles. The Morgan fingerprint density at radius 2 is 2.00 bits per heavy atom. The fourth-order valence-electron chi connectivity index (χ4n) is 1.73. The molecule has 1 heterocycles. The Labute approximate surface area is 120 Å². The number of aryl methyl sites for hydroxylation is 2. The molecule has 0 aliphatic heterocycles. The van der Waals surface area contributed by atoms with Gasteiger partial charge in [-0.1, -0.05) is 6.07 Å². The van der Waals surface area contributed by atoms with Gasteiger partial charge in [0.2, 0.25) is 11.6 Å². The average molecular weight is 288 g/mol. The van der Waals surface area contributed by atoms with Crippen LogP contribution in [-0.4, -0.2) is 21.0 Å². The minimum absolute atomic E-state index is 0.0411. The lowest BCUT2D eigenvalue weighted by Gasteiger charge is -2.09. The molecule has 0 fully saturated rings. The molecule has 0 saturated carbocycles. The smallest absolute Gasteiger partial charge is 0.341 e. The van der Waals surface area contributed by atoms with Crippen molar-refractivity contribution < 1.29 is 19.6 Å². The summed E-state index contributed by atoms with van der Waals surface area (Å²) in [6.45, 7) is 3.42. The van der Waals surface area contributed by atoms with E-state index in [9.17, 15) is 14.9 Å². The topological polar surface area (TPSA) is 103 Å².